The third kappa shape index (κ3) is 5.14. The van der Waals surface area contributed by atoms with Crippen molar-refractivity contribution in [3.63, 3.8) is 0 Å². The Balaban J connectivity index is 1.85. The second kappa shape index (κ2) is 7.57. The highest BCUT2D eigenvalue weighted by Gasteiger charge is 2.21. The highest BCUT2D eigenvalue weighted by atomic mass is 16.1. The topological polar surface area (TPSA) is 58.4 Å². The molecule has 0 saturated carbocycles. The zero-order valence-electron chi connectivity index (χ0n) is 13.1. The summed E-state index contributed by atoms with van der Waals surface area (Å²) in [6, 6.07) is 8.49. The van der Waals surface area contributed by atoms with E-state index in [-0.39, 0.29) is 12.5 Å². The summed E-state index contributed by atoms with van der Waals surface area (Å²) in [5, 5.41) is 2.79. The number of carbonyl (C=O) groups excluding carboxylic acids is 1. The largest absolute Gasteiger partial charge is 0.351 e. The van der Waals surface area contributed by atoms with E-state index in [0.717, 1.165) is 23.9 Å². The van der Waals surface area contributed by atoms with Crippen molar-refractivity contribution in [1.82, 2.24) is 10.2 Å². The minimum absolute atomic E-state index is 0.0451. The van der Waals surface area contributed by atoms with Gasteiger partial charge in [0.1, 0.15) is 0 Å². The van der Waals surface area contributed by atoms with E-state index in [9.17, 15) is 4.79 Å². The number of hydrogen-bond acceptors (Lipinski definition) is 3. The quantitative estimate of drug-likeness (QED) is 0.868. The lowest BCUT2D eigenvalue weighted by atomic mass is 9.91. The monoisotopic (exact) mass is 289 g/mol. The van der Waals surface area contributed by atoms with Crippen LogP contribution in [0.25, 0.3) is 0 Å². The van der Waals surface area contributed by atoms with Crippen molar-refractivity contribution in [2.75, 3.05) is 19.6 Å². The summed E-state index contributed by atoms with van der Waals surface area (Å²) in [5.41, 5.74) is 7.72. The number of likely N-dealkylation sites (tertiary alicyclic amines) is 1. The number of piperidine rings is 1. The zero-order valence-corrected chi connectivity index (χ0v) is 13.1. The van der Waals surface area contributed by atoms with Crippen LogP contribution in [-0.4, -0.2) is 30.4 Å². The lowest BCUT2D eigenvalue weighted by molar-refractivity contribution is -0.119. The van der Waals surface area contributed by atoms with E-state index in [1.54, 1.807) is 0 Å². The van der Waals surface area contributed by atoms with Crippen LogP contribution in [0.3, 0.4) is 0 Å². The molecule has 21 heavy (non-hydrogen) atoms. The van der Waals surface area contributed by atoms with E-state index >= 15 is 0 Å². The van der Waals surface area contributed by atoms with Gasteiger partial charge in [-0.1, -0.05) is 38.1 Å². The number of nitrogens with zero attached hydrogens (tertiary/aromatic N) is 1. The molecule has 4 nitrogen and oxygen atoms in total. The fourth-order valence-corrected chi connectivity index (χ4v) is 3.21. The molecule has 0 aromatic heterocycles. The number of carbonyl (C=O) groups is 1. The van der Waals surface area contributed by atoms with Gasteiger partial charge in [-0.3, -0.25) is 9.69 Å². The Morgan fingerprint density at radius 3 is 2.33 bits per heavy atom. The van der Waals surface area contributed by atoms with Crippen molar-refractivity contribution in [3.8, 4) is 0 Å². The average Bonchev–Trinajstić information content (AvgIpc) is 2.45. The maximum absolute atomic E-state index is 11.1. The van der Waals surface area contributed by atoms with Crippen molar-refractivity contribution in [2.45, 2.75) is 33.4 Å². The minimum Gasteiger partial charge on any atom is -0.351 e. The molecule has 1 aromatic carbocycles. The van der Waals surface area contributed by atoms with Crippen LogP contribution in [0.4, 0.5) is 0 Å². The van der Waals surface area contributed by atoms with Gasteiger partial charge in [-0.2, -0.15) is 0 Å². The number of hydrogen-bond donors (Lipinski definition) is 2. The number of amides is 1. The van der Waals surface area contributed by atoms with Crippen molar-refractivity contribution < 1.29 is 4.79 Å². The molecular weight excluding hydrogens is 262 g/mol. The van der Waals surface area contributed by atoms with Gasteiger partial charge in [-0.15, -0.1) is 0 Å². The van der Waals surface area contributed by atoms with Crippen LogP contribution in [0.5, 0.6) is 0 Å². The van der Waals surface area contributed by atoms with E-state index in [1.165, 1.54) is 25.1 Å². The Morgan fingerprint density at radius 2 is 1.76 bits per heavy atom. The summed E-state index contributed by atoms with van der Waals surface area (Å²) in [5.74, 6) is 1.47. The molecule has 1 aliphatic rings. The van der Waals surface area contributed by atoms with Gasteiger partial charge in [-0.25, -0.2) is 0 Å². The zero-order chi connectivity index (χ0) is 15.2. The summed E-state index contributed by atoms with van der Waals surface area (Å²) in [7, 11) is 0. The third-order valence-corrected chi connectivity index (χ3v) is 4.05. The van der Waals surface area contributed by atoms with Gasteiger partial charge in [0, 0.05) is 26.2 Å². The van der Waals surface area contributed by atoms with Gasteiger partial charge in [0.05, 0.1) is 6.54 Å². The molecular formula is C17H27N3O. The molecule has 3 N–H and O–H groups in total. The third-order valence-electron chi connectivity index (χ3n) is 4.05. The molecule has 2 rings (SSSR count). The Morgan fingerprint density at radius 1 is 1.19 bits per heavy atom. The van der Waals surface area contributed by atoms with E-state index in [0.29, 0.717) is 6.54 Å². The van der Waals surface area contributed by atoms with Gasteiger partial charge in [0.15, 0.2) is 0 Å². The molecule has 4 heteroatoms. The Hall–Kier alpha value is -1.39. The first-order valence-corrected chi connectivity index (χ1v) is 7.83. The summed E-state index contributed by atoms with van der Waals surface area (Å²) in [6.45, 7) is 8.68. The van der Waals surface area contributed by atoms with Gasteiger partial charge >= 0.3 is 0 Å². The second-order valence-electron chi connectivity index (χ2n) is 6.44. The molecule has 1 saturated heterocycles. The van der Waals surface area contributed by atoms with Crippen molar-refractivity contribution in [2.24, 2.45) is 17.6 Å². The van der Waals surface area contributed by atoms with E-state index < -0.39 is 0 Å². The molecule has 1 heterocycles. The van der Waals surface area contributed by atoms with Gasteiger partial charge in [0.25, 0.3) is 0 Å². The summed E-state index contributed by atoms with van der Waals surface area (Å²) < 4.78 is 0. The summed E-state index contributed by atoms with van der Waals surface area (Å²) in [6.07, 6.45) is 1.34. The second-order valence-corrected chi connectivity index (χ2v) is 6.44. The lowest BCUT2D eigenvalue weighted by Crippen LogP contribution is -2.38. The smallest absolute Gasteiger partial charge is 0.234 e. The molecule has 1 aliphatic heterocycles. The molecule has 2 atom stereocenters. The Kier molecular flexibility index (Phi) is 5.76. The first kappa shape index (κ1) is 16.0. The molecule has 0 radical (unpaired) electrons. The normalized spacial score (nSPS) is 23.0. The maximum Gasteiger partial charge on any atom is 0.234 e. The predicted octanol–water partition coefficient (Wildman–Crippen LogP) is 1.74. The van der Waals surface area contributed by atoms with Crippen LogP contribution in [0.2, 0.25) is 0 Å². The van der Waals surface area contributed by atoms with Crippen LogP contribution in [-0.2, 0) is 17.9 Å². The standard InChI is InChI=1S/C17H27N3O/c1-13-7-14(2)11-20(10-13)12-16-5-3-15(4-6-16)9-19-17(21)8-18/h3-6,13-14H,7-12,18H2,1-2H3,(H,19,21). The Labute approximate surface area is 127 Å². The Bertz CT molecular complexity index is 448. The number of benzene rings is 1. The highest BCUT2D eigenvalue weighted by Crippen LogP contribution is 2.22. The van der Waals surface area contributed by atoms with Crippen LogP contribution >= 0.6 is 0 Å². The molecule has 1 fully saturated rings. The fourth-order valence-electron chi connectivity index (χ4n) is 3.21. The van der Waals surface area contributed by atoms with E-state index in [2.05, 4.69) is 48.3 Å². The molecule has 116 valence electrons. The van der Waals surface area contributed by atoms with Gasteiger partial charge < -0.3 is 11.1 Å². The fraction of sp³-hybridized carbons (Fsp3) is 0.588. The minimum atomic E-state index is -0.115. The molecule has 2 unspecified atom stereocenters. The SMILES string of the molecule is CC1CC(C)CN(Cc2ccc(CNC(=O)CN)cc2)C1. The lowest BCUT2D eigenvalue weighted by Gasteiger charge is -2.35. The number of rotatable bonds is 5. The molecule has 0 aliphatic carbocycles. The molecule has 0 bridgehead atoms. The highest BCUT2D eigenvalue weighted by molar-refractivity contribution is 5.77. The molecule has 0 spiro atoms. The van der Waals surface area contributed by atoms with E-state index in [4.69, 9.17) is 5.73 Å². The van der Waals surface area contributed by atoms with Crippen LogP contribution < -0.4 is 11.1 Å². The predicted molar refractivity (Wildman–Crippen MR) is 85.6 cm³/mol. The number of nitrogens with two attached hydrogens (primary N) is 1. The first-order chi connectivity index (χ1) is 10.1. The summed E-state index contributed by atoms with van der Waals surface area (Å²) >= 11 is 0. The molecule has 1 aromatic rings. The first-order valence-electron chi connectivity index (χ1n) is 7.83. The van der Waals surface area contributed by atoms with Crippen LogP contribution in [0.1, 0.15) is 31.4 Å². The van der Waals surface area contributed by atoms with Crippen molar-refractivity contribution in [1.29, 1.82) is 0 Å². The summed E-state index contributed by atoms with van der Waals surface area (Å²) in [4.78, 5) is 13.7. The van der Waals surface area contributed by atoms with Crippen molar-refractivity contribution in [3.05, 3.63) is 35.4 Å². The van der Waals surface area contributed by atoms with E-state index in [1.807, 2.05) is 0 Å². The molecule has 1 amide bonds. The van der Waals surface area contributed by atoms with Gasteiger partial charge in [0.2, 0.25) is 5.91 Å². The van der Waals surface area contributed by atoms with Crippen LogP contribution in [0.15, 0.2) is 24.3 Å². The van der Waals surface area contributed by atoms with Crippen LogP contribution in [0, 0.1) is 11.8 Å². The van der Waals surface area contributed by atoms with Gasteiger partial charge in [-0.05, 0) is 29.4 Å². The average molecular weight is 289 g/mol. The maximum atomic E-state index is 11.1. The number of nitrogens with one attached hydrogen (secondary N) is 1. The van der Waals surface area contributed by atoms with Crippen molar-refractivity contribution >= 4 is 5.91 Å².